The van der Waals surface area contributed by atoms with Gasteiger partial charge in [0.2, 0.25) is 5.91 Å². The van der Waals surface area contributed by atoms with Crippen LogP contribution in [0.15, 0.2) is 18.2 Å². The number of carbonyl (C=O) groups excluding carboxylic acids is 1. The van der Waals surface area contributed by atoms with Gasteiger partial charge in [-0.3, -0.25) is 9.59 Å². The summed E-state index contributed by atoms with van der Waals surface area (Å²) >= 11 is 0. The lowest BCUT2D eigenvalue weighted by atomic mass is 9.78. The van der Waals surface area contributed by atoms with Gasteiger partial charge in [0.15, 0.2) is 0 Å². The van der Waals surface area contributed by atoms with Crippen molar-refractivity contribution in [2.45, 2.75) is 32.6 Å². The number of aliphatic carboxylic acids is 1. The van der Waals surface area contributed by atoms with Crippen molar-refractivity contribution in [3.05, 3.63) is 29.6 Å². The monoisotopic (exact) mass is 279 g/mol. The van der Waals surface area contributed by atoms with Gasteiger partial charge < -0.3 is 10.4 Å². The van der Waals surface area contributed by atoms with Crippen molar-refractivity contribution < 1.29 is 19.1 Å². The number of aryl methyl sites for hydroxylation is 1. The van der Waals surface area contributed by atoms with E-state index in [1.54, 1.807) is 13.0 Å². The van der Waals surface area contributed by atoms with E-state index in [1.165, 1.54) is 12.1 Å². The van der Waals surface area contributed by atoms with Gasteiger partial charge in [0.1, 0.15) is 5.82 Å². The Hall–Kier alpha value is -1.91. The highest BCUT2D eigenvalue weighted by atomic mass is 19.1. The Morgan fingerprint density at radius 1 is 1.25 bits per heavy atom. The van der Waals surface area contributed by atoms with Gasteiger partial charge in [-0.1, -0.05) is 18.9 Å². The molecular weight excluding hydrogens is 261 g/mol. The van der Waals surface area contributed by atoms with Crippen LogP contribution in [0.25, 0.3) is 0 Å². The van der Waals surface area contributed by atoms with Crippen LogP contribution in [-0.4, -0.2) is 17.0 Å². The smallest absolute Gasteiger partial charge is 0.307 e. The Labute approximate surface area is 117 Å². The molecule has 20 heavy (non-hydrogen) atoms. The molecule has 0 saturated heterocycles. The third-order valence-corrected chi connectivity index (χ3v) is 3.80. The van der Waals surface area contributed by atoms with E-state index < -0.39 is 29.5 Å². The SMILES string of the molecule is Cc1ccc(NC(=O)[C@@H]2CCCC[C@@H]2C(=O)O)c(F)c1. The van der Waals surface area contributed by atoms with E-state index in [1.807, 2.05) is 0 Å². The van der Waals surface area contributed by atoms with Crippen LogP contribution in [0.1, 0.15) is 31.2 Å². The van der Waals surface area contributed by atoms with Gasteiger partial charge in [-0.05, 0) is 37.5 Å². The molecule has 1 fully saturated rings. The van der Waals surface area contributed by atoms with Crippen molar-refractivity contribution >= 4 is 17.6 Å². The number of rotatable bonds is 3. The van der Waals surface area contributed by atoms with E-state index >= 15 is 0 Å². The molecule has 1 aromatic carbocycles. The molecule has 1 aliphatic carbocycles. The molecule has 2 rings (SSSR count). The summed E-state index contributed by atoms with van der Waals surface area (Å²) in [6, 6.07) is 4.54. The molecule has 0 bridgehead atoms. The zero-order chi connectivity index (χ0) is 14.7. The summed E-state index contributed by atoms with van der Waals surface area (Å²) in [6.45, 7) is 1.76. The highest BCUT2D eigenvalue weighted by molar-refractivity contribution is 5.95. The highest BCUT2D eigenvalue weighted by Crippen LogP contribution is 2.31. The predicted octanol–water partition coefficient (Wildman–Crippen LogP) is 2.96. The molecule has 108 valence electrons. The van der Waals surface area contributed by atoms with Crippen LogP contribution in [0.2, 0.25) is 0 Å². The third kappa shape index (κ3) is 3.15. The number of anilines is 1. The number of halogens is 1. The lowest BCUT2D eigenvalue weighted by molar-refractivity contribution is -0.147. The van der Waals surface area contributed by atoms with Crippen molar-refractivity contribution in [1.82, 2.24) is 0 Å². The van der Waals surface area contributed by atoms with Crippen LogP contribution in [0.4, 0.5) is 10.1 Å². The zero-order valence-electron chi connectivity index (χ0n) is 11.4. The molecule has 0 radical (unpaired) electrons. The Morgan fingerprint density at radius 2 is 1.90 bits per heavy atom. The Morgan fingerprint density at radius 3 is 2.50 bits per heavy atom. The summed E-state index contributed by atoms with van der Waals surface area (Å²) in [4.78, 5) is 23.4. The molecule has 1 saturated carbocycles. The number of hydrogen-bond donors (Lipinski definition) is 2. The number of benzene rings is 1. The van der Waals surface area contributed by atoms with E-state index in [0.29, 0.717) is 12.8 Å². The van der Waals surface area contributed by atoms with Crippen LogP contribution in [0.5, 0.6) is 0 Å². The van der Waals surface area contributed by atoms with Gasteiger partial charge in [-0.2, -0.15) is 0 Å². The third-order valence-electron chi connectivity index (χ3n) is 3.80. The quantitative estimate of drug-likeness (QED) is 0.894. The molecule has 2 atom stereocenters. The predicted molar refractivity (Wildman–Crippen MR) is 72.9 cm³/mol. The van der Waals surface area contributed by atoms with E-state index in [2.05, 4.69) is 5.32 Å². The van der Waals surface area contributed by atoms with Gasteiger partial charge in [-0.15, -0.1) is 0 Å². The molecule has 0 spiro atoms. The fourth-order valence-corrected chi connectivity index (χ4v) is 2.69. The first kappa shape index (κ1) is 14.5. The van der Waals surface area contributed by atoms with Gasteiger partial charge in [-0.25, -0.2) is 4.39 Å². The van der Waals surface area contributed by atoms with Crippen molar-refractivity contribution in [2.75, 3.05) is 5.32 Å². The number of carbonyl (C=O) groups is 2. The lowest BCUT2D eigenvalue weighted by Crippen LogP contribution is -2.36. The Bertz CT molecular complexity index is 530. The maximum absolute atomic E-state index is 13.7. The molecule has 1 aromatic rings. The van der Waals surface area contributed by atoms with Crippen LogP contribution < -0.4 is 5.32 Å². The highest BCUT2D eigenvalue weighted by Gasteiger charge is 2.35. The fourth-order valence-electron chi connectivity index (χ4n) is 2.69. The van der Waals surface area contributed by atoms with Crippen molar-refractivity contribution in [3.63, 3.8) is 0 Å². The molecule has 1 amide bonds. The second-order valence-electron chi connectivity index (χ2n) is 5.31. The van der Waals surface area contributed by atoms with Crippen LogP contribution in [0, 0.1) is 24.6 Å². The van der Waals surface area contributed by atoms with Crippen molar-refractivity contribution in [3.8, 4) is 0 Å². The molecule has 4 nitrogen and oxygen atoms in total. The van der Waals surface area contributed by atoms with Gasteiger partial charge >= 0.3 is 5.97 Å². The van der Waals surface area contributed by atoms with Gasteiger partial charge in [0.05, 0.1) is 17.5 Å². The summed E-state index contributed by atoms with van der Waals surface area (Å²) in [6.07, 6.45) is 2.69. The van der Waals surface area contributed by atoms with Crippen LogP contribution in [0.3, 0.4) is 0 Å². The summed E-state index contributed by atoms with van der Waals surface area (Å²) in [5.41, 5.74) is 0.872. The van der Waals surface area contributed by atoms with E-state index in [-0.39, 0.29) is 5.69 Å². The Kier molecular flexibility index (Phi) is 4.37. The maximum Gasteiger partial charge on any atom is 0.307 e. The van der Waals surface area contributed by atoms with Crippen LogP contribution >= 0.6 is 0 Å². The minimum Gasteiger partial charge on any atom is -0.481 e. The molecular formula is C15H18FNO3. The lowest BCUT2D eigenvalue weighted by Gasteiger charge is -2.27. The minimum atomic E-state index is -0.950. The van der Waals surface area contributed by atoms with E-state index in [9.17, 15) is 14.0 Å². The van der Waals surface area contributed by atoms with Gasteiger partial charge in [0, 0.05) is 0 Å². The summed E-state index contributed by atoms with van der Waals surface area (Å²) < 4.78 is 13.7. The summed E-state index contributed by atoms with van der Waals surface area (Å²) in [5, 5.41) is 11.7. The second kappa shape index (κ2) is 6.03. The van der Waals surface area contributed by atoms with E-state index in [0.717, 1.165) is 18.4 Å². The molecule has 0 aromatic heterocycles. The van der Waals surface area contributed by atoms with Crippen LogP contribution in [-0.2, 0) is 9.59 Å². The molecule has 1 aliphatic rings. The standard InChI is InChI=1S/C15H18FNO3/c1-9-6-7-13(12(16)8-9)17-14(18)10-4-2-3-5-11(10)15(19)20/h6-8,10-11H,2-5H2,1H3,(H,17,18)(H,19,20)/t10-,11+/m1/s1. The van der Waals surface area contributed by atoms with E-state index in [4.69, 9.17) is 5.11 Å². The average Bonchev–Trinajstić information content (AvgIpc) is 2.41. The number of amides is 1. The van der Waals surface area contributed by atoms with Crippen molar-refractivity contribution in [2.24, 2.45) is 11.8 Å². The van der Waals surface area contributed by atoms with Gasteiger partial charge in [0.25, 0.3) is 0 Å². The fraction of sp³-hybridized carbons (Fsp3) is 0.467. The number of nitrogens with one attached hydrogen (secondary N) is 1. The first-order chi connectivity index (χ1) is 9.49. The minimum absolute atomic E-state index is 0.107. The Balaban J connectivity index is 2.12. The number of carboxylic acid groups (broad SMARTS) is 1. The summed E-state index contributed by atoms with van der Waals surface area (Å²) in [7, 11) is 0. The topological polar surface area (TPSA) is 66.4 Å². The largest absolute Gasteiger partial charge is 0.481 e. The molecule has 2 N–H and O–H groups in total. The first-order valence-electron chi connectivity index (χ1n) is 6.79. The maximum atomic E-state index is 13.7. The molecule has 5 heteroatoms. The van der Waals surface area contributed by atoms with Crippen molar-refractivity contribution in [1.29, 1.82) is 0 Å². The second-order valence-corrected chi connectivity index (χ2v) is 5.31. The number of carboxylic acids is 1. The number of hydrogen-bond acceptors (Lipinski definition) is 2. The normalized spacial score (nSPS) is 22.3. The summed E-state index contributed by atoms with van der Waals surface area (Å²) in [5.74, 6) is -3.10. The molecule has 0 unspecified atom stereocenters. The first-order valence-corrected chi connectivity index (χ1v) is 6.79. The average molecular weight is 279 g/mol. The molecule has 0 heterocycles. The molecule has 0 aliphatic heterocycles. The zero-order valence-corrected chi connectivity index (χ0v) is 11.4.